The highest BCUT2D eigenvalue weighted by atomic mass is 16.3. The molecule has 0 fully saturated rings. The minimum absolute atomic E-state index is 0.392. The Morgan fingerprint density at radius 2 is 2.07 bits per heavy atom. The molecule has 0 aliphatic rings. The van der Waals surface area contributed by atoms with Crippen LogP contribution in [0.25, 0.3) is 11.4 Å². The Bertz CT molecular complexity index is 424. The third-order valence-corrected chi connectivity index (χ3v) is 1.87. The molecular weight excluding hydrogens is 192 g/mol. The van der Waals surface area contributed by atoms with E-state index in [1.165, 1.54) is 0 Å². The Balaban J connectivity index is 2.21. The standard InChI is InChI=1S/C10H12N4O/c1-7(15)11-10-12-9(13-14-10)8-5-3-2-4-6-8/h2-7,15H,1H3,(H2,11,12,13,14). The highest BCUT2D eigenvalue weighted by Crippen LogP contribution is 2.14. The molecule has 5 nitrogen and oxygen atoms in total. The number of aliphatic hydroxyl groups excluding tert-OH is 1. The van der Waals surface area contributed by atoms with E-state index in [-0.39, 0.29) is 0 Å². The van der Waals surface area contributed by atoms with Crippen LogP contribution in [0.5, 0.6) is 0 Å². The number of H-pyrrole nitrogens is 1. The van der Waals surface area contributed by atoms with E-state index in [9.17, 15) is 0 Å². The molecule has 0 bridgehead atoms. The van der Waals surface area contributed by atoms with Gasteiger partial charge in [0.25, 0.3) is 0 Å². The molecule has 0 spiro atoms. The van der Waals surface area contributed by atoms with Gasteiger partial charge in [-0.2, -0.15) is 4.98 Å². The summed E-state index contributed by atoms with van der Waals surface area (Å²) in [6, 6.07) is 9.67. The van der Waals surface area contributed by atoms with Gasteiger partial charge in [-0.1, -0.05) is 30.3 Å². The van der Waals surface area contributed by atoms with Gasteiger partial charge in [-0.25, -0.2) is 0 Å². The summed E-state index contributed by atoms with van der Waals surface area (Å²) in [5, 5.41) is 18.5. The molecular formula is C10H12N4O. The SMILES string of the molecule is CC(O)Nc1n[nH]c(-c2ccccc2)n1. The molecule has 0 aliphatic heterocycles. The van der Waals surface area contributed by atoms with Crippen molar-refractivity contribution in [1.29, 1.82) is 0 Å². The zero-order valence-electron chi connectivity index (χ0n) is 8.31. The lowest BCUT2D eigenvalue weighted by Gasteiger charge is -2.02. The average molecular weight is 204 g/mol. The van der Waals surface area contributed by atoms with E-state index in [0.717, 1.165) is 5.56 Å². The molecule has 1 unspecified atom stereocenters. The average Bonchev–Trinajstić information content (AvgIpc) is 2.67. The van der Waals surface area contributed by atoms with Crippen molar-refractivity contribution in [2.24, 2.45) is 0 Å². The molecule has 2 rings (SSSR count). The molecule has 0 aliphatic carbocycles. The lowest BCUT2D eigenvalue weighted by atomic mass is 10.2. The van der Waals surface area contributed by atoms with Crippen molar-refractivity contribution in [3.63, 3.8) is 0 Å². The van der Waals surface area contributed by atoms with Crippen LogP contribution in [-0.2, 0) is 0 Å². The van der Waals surface area contributed by atoms with Crippen LogP contribution in [0.3, 0.4) is 0 Å². The summed E-state index contributed by atoms with van der Waals surface area (Å²) >= 11 is 0. The monoisotopic (exact) mass is 204 g/mol. The van der Waals surface area contributed by atoms with Gasteiger partial charge >= 0.3 is 0 Å². The second-order valence-electron chi connectivity index (χ2n) is 3.19. The van der Waals surface area contributed by atoms with E-state index in [1.54, 1.807) is 6.92 Å². The quantitative estimate of drug-likeness (QED) is 0.657. The van der Waals surface area contributed by atoms with Crippen LogP contribution in [0.1, 0.15) is 6.92 Å². The van der Waals surface area contributed by atoms with Crippen LogP contribution in [0.2, 0.25) is 0 Å². The maximum atomic E-state index is 9.08. The Morgan fingerprint density at radius 1 is 1.33 bits per heavy atom. The number of aliphatic hydroxyl groups is 1. The largest absolute Gasteiger partial charge is 0.374 e. The Labute approximate surface area is 87.2 Å². The highest BCUT2D eigenvalue weighted by molar-refractivity contribution is 5.55. The fourth-order valence-electron chi connectivity index (χ4n) is 1.24. The van der Waals surface area contributed by atoms with Crippen LogP contribution in [-0.4, -0.2) is 26.5 Å². The lowest BCUT2D eigenvalue weighted by molar-refractivity contribution is 0.223. The molecule has 0 amide bonds. The van der Waals surface area contributed by atoms with E-state index < -0.39 is 6.23 Å². The summed E-state index contributed by atoms with van der Waals surface area (Å²) in [5.41, 5.74) is 0.962. The van der Waals surface area contributed by atoms with E-state index in [1.807, 2.05) is 30.3 Å². The minimum atomic E-state index is -0.663. The second kappa shape index (κ2) is 4.10. The van der Waals surface area contributed by atoms with Crippen molar-refractivity contribution in [3.8, 4) is 11.4 Å². The third-order valence-electron chi connectivity index (χ3n) is 1.87. The molecule has 0 radical (unpaired) electrons. The van der Waals surface area contributed by atoms with Gasteiger partial charge in [-0.05, 0) is 6.92 Å². The Hall–Kier alpha value is -1.88. The number of nitrogens with zero attached hydrogens (tertiary/aromatic N) is 2. The van der Waals surface area contributed by atoms with Crippen LogP contribution in [0.4, 0.5) is 5.95 Å². The normalized spacial score (nSPS) is 12.4. The molecule has 1 aromatic carbocycles. The van der Waals surface area contributed by atoms with Crippen molar-refractivity contribution >= 4 is 5.95 Å². The zero-order chi connectivity index (χ0) is 10.7. The number of benzene rings is 1. The molecule has 1 atom stereocenters. The van der Waals surface area contributed by atoms with Gasteiger partial charge in [0.15, 0.2) is 5.82 Å². The summed E-state index contributed by atoms with van der Waals surface area (Å²) in [6.07, 6.45) is -0.663. The molecule has 15 heavy (non-hydrogen) atoms. The number of hydrogen-bond donors (Lipinski definition) is 3. The number of nitrogens with one attached hydrogen (secondary N) is 2. The van der Waals surface area contributed by atoms with Crippen LogP contribution in [0.15, 0.2) is 30.3 Å². The lowest BCUT2D eigenvalue weighted by Crippen LogP contribution is -2.14. The van der Waals surface area contributed by atoms with Crippen LogP contribution < -0.4 is 5.32 Å². The molecule has 1 heterocycles. The maximum absolute atomic E-state index is 9.08. The summed E-state index contributed by atoms with van der Waals surface area (Å²) in [7, 11) is 0. The predicted molar refractivity (Wildman–Crippen MR) is 57.1 cm³/mol. The predicted octanol–water partition coefficient (Wildman–Crippen LogP) is 1.22. The van der Waals surface area contributed by atoms with E-state index in [2.05, 4.69) is 20.5 Å². The van der Waals surface area contributed by atoms with E-state index in [0.29, 0.717) is 11.8 Å². The summed E-state index contributed by atoms with van der Waals surface area (Å²) < 4.78 is 0. The molecule has 0 saturated heterocycles. The van der Waals surface area contributed by atoms with Crippen LogP contribution >= 0.6 is 0 Å². The number of hydrogen-bond acceptors (Lipinski definition) is 4. The van der Waals surface area contributed by atoms with Crippen molar-refractivity contribution in [3.05, 3.63) is 30.3 Å². The molecule has 78 valence electrons. The van der Waals surface area contributed by atoms with Crippen molar-refractivity contribution in [1.82, 2.24) is 15.2 Å². The first-order valence-electron chi connectivity index (χ1n) is 4.68. The first-order chi connectivity index (χ1) is 7.25. The van der Waals surface area contributed by atoms with Gasteiger partial charge in [-0.3, -0.25) is 5.10 Å². The third kappa shape index (κ3) is 2.32. The van der Waals surface area contributed by atoms with Gasteiger partial charge in [0.2, 0.25) is 5.95 Å². The van der Waals surface area contributed by atoms with Gasteiger partial charge in [-0.15, -0.1) is 5.10 Å². The van der Waals surface area contributed by atoms with Crippen molar-refractivity contribution < 1.29 is 5.11 Å². The molecule has 5 heteroatoms. The minimum Gasteiger partial charge on any atom is -0.374 e. The second-order valence-corrected chi connectivity index (χ2v) is 3.19. The van der Waals surface area contributed by atoms with Gasteiger partial charge in [0, 0.05) is 5.56 Å². The number of aromatic amines is 1. The first kappa shape index (κ1) is 9.67. The highest BCUT2D eigenvalue weighted by Gasteiger charge is 2.05. The number of aromatic nitrogens is 3. The molecule has 3 N–H and O–H groups in total. The van der Waals surface area contributed by atoms with Crippen molar-refractivity contribution in [2.45, 2.75) is 13.2 Å². The molecule has 2 aromatic rings. The smallest absolute Gasteiger partial charge is 0.244 e. The van der Waals surface area contributed by atoms with Gasteiger partial charge in [0.05, 0.1) is 0 Å². The first-order valence-corrected chi connectivity index (χ1v) is 4.68. The van der Waals surface area contributed by atoms with E-state index in [4.69, 9.17) is 5.11 Å². The van der Waals surface area contributed by atoms with E-state index >= 15 is 0 Å². The Morgan fingerprint density at radius 3 is 2.73 bits per heavy atom. The summed E-state index contributed by atoms with van der Waals surface area (Å²) in [4.78, 5) is 4.18. The maximum Gasteiger partial charge on any atom is 0.244 e. The summed E-state index contributed by atoms with van der Waals surface area (Å²) in [5.74, 6) is 1.07. The number of rotatable bonds is 3. The fourth-order valence-corrected chi connectivity index (χ4v) is 1.24. The van der Waals surface area contributed by atoms with Gasteiger partial charge in [0.1, 0.15) is 6.23 Å². The molecule has 0 saturated carbocycles. The van der Waals surface area contributed by atoms with Crippen LogP contribution in [0, 0.1) is 0 Å². The topological polar surface area (TPSA) is 73.8 Å². The van der Waals surface area contributed by atoms with Crippen molar-refractivity contribution in [2.75, 3.05) is 5.32 Å². The Kier molecular flexibility index (Phi) is 2.64. The number of anilines is 1. The fraction of sp³-hybridized carbons (Fsp3) is 0.200. The van der Waals surface area contributed by atoms with Gasteiger partial charge < -0.3 is 10.4 Å². The summed E-state index contributed by atoms with van der Waals surface area (Å²) in [6.45, 7) is 1.61. The molecule has 1 aromatic heterocycles. The zero-order valence-corrected chi connectivity index (χ0v) is 8.31.